The number of nitrogens with two attached hydrogens (primary N) is 1. The third-order valence-electron chi connectivity index (χ3n) is 2.40. The molecular weight excluding hydrogens is 202 g/mol. The van der Waals surface area contributed by atoms with Gasteiger partial charge in [0.1, 0.15) is 0 Å². The van der Waals surface area contributed by atoms with E-state index in [-0.39, 0.29) is 6.04 Å². The van der Waals surface area contributed by atoms with Crippen LogP contribution in [0.5, 0.6) is 11.5 Å². The van der Waals surface area contributed by atoms with Gasteiger partial charge in [0.05, 0.1) is 14.2 Å². The summed E-state index contributed by atoms with van der Waals surface area (Å²) in [6.45, 7) is 5.83. The third kappa shape index (κ3) is 2.76. The molecule has 0 aromatic heterocycles. The zero-order chi connectivity index (χ0) is 12.1. The summed E-state index contributed by atoms with van der Waals surface area (Å²) in [6.07, 6.45) is 0.740. The molecule has 2 N–H and O–H groups in total. The number of benzene rings is 1. The van der Waals surface area contributed by atoms with Gasteiger partial charge in [0.2, 0.25) is 0 Å². The van der Waals surface area contributed by atoms with Gasteiger partial charge in [-0.1, -0.05) is 17.7 Å². The van der Waals surface area contributed by atoms with E-state index >= 15 is 0 Å². The van der Waals surface area contributed by atoms with Gasteiger partial charge in [-0.2, -0.15) is 0 Å². The molecule has 0 aliphatic heterocycles. The maximum Gasteiger partial charge on any atom is 0.165 e. The molecule has 0 fully saturated rings. The van der Waals surface area contributed by atoms with E-state index in [4.69, 9.17) is 15.2 Å². The summed E-state index contributed by atoms with van der Waals surface area (Å²) < 4.78 is 10.6. The lowest BCUT2D eigenvalue weighted by Crippen LogP contribution is -2.12. The van der Waals surface area contributed by atoms with E-state index in [1.807, 2.05) is 25.1 Å². The highest BCUT2D eigenvalue weighted by atomic mass is 16.5. The van der Waals surface area contributed by atoms with Crippen molar-refractivity contribution < 1.29 is 9.47 Å². The van der Waals surface area contributed by atoms with Crippen LogP contribution in [0.15, 0.2) is 30.4 Å². The highest BCUT2D eigenvalue weighted by Gasteiger charge is 2.15. The first-order chi connectivity index (χ1) is 7.60. The average Bonchev–Trinajstić information content (AvgIpc) is 2.26. The summed E-state index contributed by atoms with van der Waals surface area (Å²) in [5, 5.41) is 0. The molecule has 1 rings (SSSR count). The summed E-state index contributed by atoms with van der Waals surface area (Å²) in [6, 6.07) is 5.61. The molecule has 0 saturated carbocycles. The van der Waals surface area contributed by atoms with Crippen molar-refractivity contribution in [2.45, 2.75) is 19.4 Å². The monoisotopic (exact) mass is 221 g/mol. The van der Waals surface area contributed by atoms with Crippen molar-refractivity contribution in [1.82, 2.24) is 0 Å². The fourth-order valence-corrected chi connectivity index (χ4v) is 1.69. The first-order valence-electron chi connectivity index (χ1n) is 5.21. The predicted molar refractivity (Wildman–Crippen MR) is 65.9 cm³/mol. The van der Waals surface area contributed by atoms with Gasteiger partial charge in [-0.3, -0.25) is 0 Å². The Hall–Kier alpha value is -1.48. The third-order valence-corrected chi connectivity index (χ3v) is 2.40. The summed E-state index contributed by atoms with van der Waals surface area (Å²) in [4.78, 5) is 0. The molecule has 0 unspecified atom stereocenters. The smallest absolute Gasteiger partial charge is 0.165 e. The summed E-state index contributed by atoms with van der Waals surface area (Å²) >= 11 is 0. The minimum absolute atomic E-state index is 0.109. The quantitative estimate of drug-likeness (QED) is 0.777. The Labute approximate surface area is 96.9 Å². The second kappa shape index (κ2) is 5.56. The summed E-state index contributed by atoms with van der Waals surface area (Å²) in [5.41, 5.74) is 8.10. The molecule has 1 aromatic carbocycles. The number of ether oxygens (including phenoxy) is 2. The Balaban J connectivity index is 3.07. The maximum absolute atomic E-state index is 6.10. The van der Waals surface area contributed by atoms with Crippen LogP contribution in [0.1, 0.15) is 24.9 Å². The number of methoxy groups -OCH3 is 2. The molecular formula is C13H19NO2. The van der Waals surface area contributed by atoms with Crippen LogP contribution in [0.2, 0.25) is 0 Å². The zero-order valence-electron chi connectivity index (χ0n) is 10.1. The van der Waals surface area contributed by atoms with E-state index in [0.29, 0.717) is 11.5 Å². The largest absolute Gasteiger partial charge is 0.493 e. The van der Waals surface area contributed by atoms with Crippen molar-refractivity contribution in [1.29, 1.82) is 0 Å². The Morgan fingerprint density at radius 1 is 1.38 bits per heavy atom. The standard InChI is InChI=1S/C13H19NO2/c1-9(2)8-11(14)10-6-5-7-12(15-3)13(10)16-4/h5-7,11H,1,8,14H2,2-4H3/t11-/m1/s1. The lowest BCUT2D eigenvalue weighted by molar-refractivity contribution is 0.349. The molecule has 16 heavy (non-hydrogen) atoms. The molecule has 0 aliphatic rings. The van der Waals surface area contributed by atoms with Crippen molar-refractivity contribution in [3.63, 3.8) is 0 Å². The second-order valence-electron chi connectivity index (χ2n) is 3.85. The number of rotatable bonds is 5. The topological polar surface area (TPSA) is 44.5 Å². The summed E-state index contributed by atoms with van der Waals surface area (Å²) in [7, 11) is 3.24. The molecule has 0 spiro atoms. The number of hydrogen-bond acceptors (Lipinski definition) is 3. The molecule has 3 nitrogen and oxygen atoms in total. The minimum Gasteiger partial charge on any atom is -0.493 e. The first kappa shape index (κ1) is 12.6. The van der Waals surface area contributed by atoms with Crippen molar-refractivity contribution in [3.8, 4) is 11.5 Å². The van der Waals surface area contributed by atoms with Crippen LogP contribution < -0.4 is 15.2 Å². The van der Waals surface area contributed by atoms with Gasteiger partial charge in [-0.15, -0.1) is 6.58 Å². The molecule has 0 amide bonds. The highest BCUT2D eigenvalue weighted by molar-refractivity contribution is 5.48. The van der Waals surface area contributed by atoms with Gasteiger partial charge < -0.3 is 15.2 Å². The first-order valence-corrected chi connectivity index (χ1v) is 5.21. The zero-order valence-corrected chi connectivity index (χ0v) is 10.1. The molecule has 0 aliphatic carbocycles. The van der Waals surface area contributed by atoms with Crippen LogP contribution in [0, 0.1) is 0 Å². The Morgan fingerprint density at radius 2 is 2.06 bits per heavy atom. The average molecular weight is 221 g/mol. The predicted octanol–water partition coefficient (Wildman–Crippen LogP) is 2.67. The second-order valence-corrected chi connectivity index (χ2v) is 3.85. The molecule has 0 heterocycles. The lowest BCUT2D eigenvalue weighted by atomic mass is 10.00. The van der Waals surface area contributed by atoms with Crippen molar-refractivity contribution in [3.05, 3.63) is 35.9 Å². The normalized spacial score (nSPS) is 12.0. The van der Waals surface area contributed by atoms with E-state index in [0.717, 1.165) is 17.6 Å². The lowest BCUT2D eigenvalue weighted by Gasteiger charge is -2.17. The minimum atomic E-state index is -0.109. The van der Waals surface area contributed by atoms with Crippen LogP contribution in [0.3, 0.4) is 0 Å². The van der Waals surface area contributed by atoms with Gasteiger partial charge in [0.25, 0.3) is 0 Å². The molecule has 0 saturated heterocycles. The highest BCUT2D eigenvalue weighted by Crippen LogP contribution is 2.35. The van der Waals surface area contributed by atoms with E-state index < -0.39 is 0 Å². The van der Waals surface area contributed by atoms with Gasteiger partial charge in [0, 0.05) is 11.6 Å². The van der Waals surface area contributed by atoms with Gasteiger partial charge in [-0.05, 0) is 19.4 Å². The van der Waals surface area contributed by atoms with Crippen LogP contribution in [0.25, 0.3) is 0 Å². The summed E-state index contributed by atoms with van der Waals surface area (Å²) in [5.74, 6) is 1.41. The molecule has 88 valence electrons. The van der Waals surface area contributed by atoms with Gasteiger partial charge in [0.15, 0.2) is 11.5 Å². The van der Waals surface area contributed by atoms with Crippen molar-refractivity contribution >= 4 is 0 Å². The molecule has 0 bridgehead atoms. The Bertz CT molecular complexity index is 374. The molecule has 1 atom stereocenters. The van der Waals surface area contributed by atoms with Crippen LogP contribution in [-0.4, -0.2) is 14.2 Å². The Kier molecular flexibility index (Phi) is 4.38. The fourth-order valence-electron chi connectivity index (χ4n) is 1.69. The van der Waals surface area contributed by atoms with Crippen LogP contribution in [-0.2, 0) is 0 Å². The molecule has 0 radical (unpaired) electrons. The van der Waals surface area contributed by atoms with Gasteiger partial charge >= 0.3 is 0 Å². The molecule has 1 aromatic rings. The fraction of sp³-hybridized carbons (Fsp3) is 0.385. The van der Waals surface area contributed by atoms with E-state index in [9.17, 15) is 0 Å². The SMILES string of the molecule is C=C(C)C[C@@H](N)c1cccc(OC)c1OC. The molecule has 3 heteroatoms. The number of para-hydroxylation sites is 1. The Morgan fingerprint density at radius 3 is 2.56 bits per heavy atom. The van der Waals surface area contributed by atoms with Gasteiger partial charge in [-0.25, -0.2) is 0 Å². The van der Waals surface area contributed by atoms with E-state index in [2.05, 4.69) is 6.58 Å². The maximum atomic E-state index is 6.10. The van der Waals surface area contributed by atoms with Crippen molar-refractivity contribution in [2.75, 3.05) is 14.2 Å². The van der Waals surface area contributed by atoms with E-state index in [1.165, 1.54) is 0 Å². The van der Waals surface area contributed by atoms with E-state index in [1.54, 1.807) is 14.2 Å². The van der Waals surface area contributed by atoms with Crippen LogP contribution >= 0.6 is 0 Å². The number of hydrogen-bond donors (Lipinski definition) is 1. The van der Waals surface area contributed by atoms with Crippen LogP contribution in [0.4, 0.5) is 0 Å². The van der Waals surface area contributed by atoms with Crippen molar-refractivity contribution in [2.24, 2.45) is 5.73 Å².